The van der Waals surface area contributed by atoms with Gasteiger partial charge in [-0.25, -0.2) is 18.3 Å². The lowest BCUT2D eigenvalue weighted by atomic mass is 10.0. The lowest BCUT2D eigenvalue weighted by Crippen LogP contribution is -2.42. The predicted molar refractivity (Wildman–Crippen MR) is 176 cm³/mol. The molecule has 0 radical (unpaired) electrons. The Labute approximate surface area is 282 Å². The van der Waals surface area contributed by atoms with E-state index in [4.69, 9.17) is 5.10 Å². The summed E-state index contributed by atoms with van der Waals surface area (Å²) in [4.78, 5) is 16.5. The van der Waals surface area contributed by atoms with Gasteiger partial charge in [0, 0.05) is 79.2 Å². The van der Waals surface area contributed by atoms with Crippen LogP contribution in [-0.4, -0.2) is 116 Å². The highest BCUT2D eigenvalue weighted by Crippen LogP contribution is 2.40. The molecule has 0 spiro atoms. The number of aromatic nitrogens is 5. The monoisotopic (exact) mass is 712 g/mol. The van der Waals surface area contributed by atoms with E-state index in [-0.39, 0.29) is 36.3 Å². The molecule has 0 amide bonds. The van der Waals surface area contributed by atoms with Crippen molar-refractivity contribution in [3.63, 3.8) is 0 Å². The van der Waals surface area contributed by atoms with Gasteiger partial charge < -0.3 is 14.9 Å². The average Bonchev–Trinajstić information content (AvgIpc) is 3.64. The molecule has 12 nitrogen and oxygen atoms in total. The van der Waals surface area contributed by atoms with Crippen LogP contribution < -0.4 is 5.69 Å². The van der Waals surface area contributed by atoms with Gasteiger partial charge in [-0.15, -0.1) is 11.8 Å². The molecule has 5 heterocycles. The maximum absolute atomic E-state index is 14.1. The van der Waals surface area contributed by atoms with Crippen molar-refractivity contribution >= 4 is 21.8 Å². The van der Waals surface area contributed by atoms with Crippen LogP contribution in [0.2, 0.25) is 0 Å². The first-order valence-electron chi connectivity index (χ1n) is 16.5. The Morgan fingerprint density at radius 1 is 1.06 bits per heavy atom. The maximum atomic E-state index is 14.1. The normalized spacial score (nSPS) is 19.9. The second-order valence-electron chi connectivity index (χ2n) is 13.0. The van der Waals surface area contributed by atoms with Gasteiger partial charge in [0.2, 0.25) is 10.0 Å². The summed E-state index contributed by atoms with van der Waals surface area (Å²) >= 11 is 1.18. The molecular formula is C31H43F3N8O4S2. The van der Waals surface area contributed by atoms with Crippen molar-refractivity contribution in [1.82, 2.24) is 38.6 Å². The number of sulfonamides is 1. The topological polar surface area (TPSA) is 133 Å². The molecular weight excluding hydrogens is 670 g/mol. The van der Waals surface area contributed by atoms with E-state index in [1.807, 2.05) is 0 Å². The van der Waals surface area contributed by atoms with E-state index in [0.717, 1.165) is 56.8 Å². The van der Waals surface area contributed by atoms with Crippen LogP contribution in [0, 0.1) is 0 Å². The number of aliphatic hydroxyl groups excluding tert-OH is 1. The number of nitrogens with zero attached hydrogens (tertiary/aromatic N) is 7. The largest absolute Gasteiger partial charge is 0.417 e. The SMILES string of the molecule is CS(=O)(=O)N1CCc2c(c(-c3ccc(C(F)(F)F)c(SCCN4CCCCC4)c3)nn2CC(O)CN2CCC(n3cn[nH]c3=O)CC2)C1. The molecule has 2 N–H and O–H groups in total. The lowest BCUT2D eigenvalue weighted by molar-refractivity contribution is -0.139. The molecule has 0 saturated carbocycles. The number of halogens is 3. The summed E-state index contributed by atoms with van der Waals surface area (Å²) in [6.07, 6.45) is 2.57. The molecule has 2 saturated heterocycles. The highest BCUT2D eigenvalue weighted by molar-refractivity contribution is 7.99. The Morgan fingerprint density at radius 3 is 2.48 bits per heavy atom. The maximum Gasteiger partial charge on any atom is 0.417 e. The summed E-state index contributed by atoms with van der Waals surface area (Å²) in [5, 5.41) is 22.2. The molecule has 2 fully saturated rings. The summed E-state index contributed by atoms with van der Waals surface area (Å²) in [6, 6.07) is 4.08. The molecule has 6 rings (SSSR count). The first kappa shape index (κ1) is 35.1. The van der Waals surface area contributed by atoms with Crippen molar-refractivity contribution < 1.29 is 26.7 Å². The van der Waals surface area contributed by atoms with Crippen LogP contribution in [0.15, 0.2) is 34.2 Å². The molecule has 1 aromatic carbocycles. The van der Waals surface area contributed by atoms with Crippen LogP contribution >= 0.6 is 11.8 Å². The fourth-order valence-electron chi connectivity index (χ4n) is 7.08. The number of hydrogen-bond acceptors (Lipinski definition) is 9. The number of hydrogen-bond donors (Lipinski definition) is 2. The number of benzene rings is 1. The highest BCUT2D eigenvalue weighted by Gasteiger charge is 2.35. The van der Waals surface area contributed by atoms with E-state index in [1.54, 1.807) is 9.25 Å². The standard InChI is InChI=1S/C31H43F3N8O4S2/c1-48(45,46)40-14-9-27-25(20-40)29(22-5-6-26(31(32,33)34)28(17-22)47-16-15-38-10-3-2-4-11-38)37-42(27)19-24(43)18-39-12-7-23(8-13-39)41-21-35-36-30(41)44/h5-6,17,21,23-24,43H,2-4,7-16,18-20H2,1H3,(H,36,44). The molecule has 48 heavy (non-hydrogen) atoms. The van der Waals surface area contributed by atoms with Crippen molar-refractivity contribution in [3.8, 4) is 11.3 Å². The summed E-state index contributed by atoms with van der Waals surface area (Å²) < 4.78 is 72.0. The van der Waals surface area contributed by atoms with Crippen molar-refractivity contribution in [2.45, 2.75) is 74.8 Å². The van der Waals surface area contributed by atoms with E-state index in [9.17, 15) is 31.5 Å². The van der Waals surface area contributed by atoms with E-state index >= 15 is 0 Å². The molecule has 0 aliphatic carbocycles. The summed E-state index contributed by atoms with van der Waals surface area (Å²) in [5.41, 5.74) is 1.41. The van der Waals surface area contributed by atoms with Gasteiger partial charge in [0.25, 0.3) is 0 Å². The summed E-state index contributed by atoms with van der Waals surface area (Å²) in [5.74, 6) is 0.517. The second-order valence-corrected chi connectivity index (χ2v) is 16.1. The number of nitrogens with one attached hydrogen (secondary N) is 1. The van der Waals surface area contributed by atoms with Crippen molar-refractivity contribution in [3.05, 3.63) is 51.8 Å². The second kappa shape index (κ2) is 14.6. The van der Waals surface area contributed by atoms with Crippen LogP contribution in [0.1, 0.15) is 55.0 Å². The third-order valence-corrected chi connectivity index (χ3v) is 11.9. The average molecular weight is 713 g/mol. The van der Waals surface area contributed by atoms with Crippen LogP contribution in [0.4, 0.5) is 13.2 Å². The number of fused-ring (bicyclic) bond motifs is 1. The zero-order chi connectivity index (χ0) is 34.1. The van der Waals surface area contributed by atoms with Crippen LogP contribution in [0.5, 0.6) is 0 Å². The number of rotatable bonds is 11. The Hall–Kier alpha value is -2.70. The van der Waals surface area contributed by atoms with Gasteiger partial charge in [0.1, 0.15) is 6.33 Å². The molecule has 2 aromatic heterocycles. The Morgan fingerprint density at radius 2 is 1.81 bits per heavy atom. The summed E-state index contributed by atoms with van der Waals surface area (Å²) in [7, 11) is -3.53. The van der Waals surface area contributed by atoms with Gasteiger partial charge in [0.15, 0.2) is 0 Å². The number of β-amino-alcohol motifs (C(OH)–C–C–N with tert-alkyl or cyclic N) is 1. The minimum absolute atomic E-state index is 0.0414. The minimum Gasteiger partial charge on any atom is -0.390 e. The van der Waals surface area contributed by atoms with Crippen LogP contribution in [-0.2, 0) is 35.7 Å². The van der Waals surface area contributed by atoms with Gasteiger partial charge >= 0.3 is 11.9 Å². The van der Waals surface area contributed by atoms with E-state index in [2.05, 4.69) is 20.0 Å². The van der Waals surface area contributed by atoms with E-state index < -0.39 is 27.9 Å². The molecule has 0 bridgehead atoms. The zero-order valence-electron chi connectivity index (χ0n) is 27.0. The first-order chi connectivity index (χ1) is 22.9. The van der Waals surface area contributed by atoms with Crippen LogP contribution in [0.3, 0.4) is 0 Å². The number of aliphatic hydroxyl groups is 1. The minimum atomic E-state index is -4.52. The van der Waals surface area contributed by atoms with E-state index in [1.165, 1.54) is 40.9 Å². The fraction of sp³-hybridized carbons (Fsp3) is 0.645. The Balaban J connectivity index is 1.22. The number of aromatic amines is 1. The summed E-state index contributed by atoms with van der Waals surface area (Å²) in [6.45, 7) is 4.84. The molecule has 1 atom stereocenters. The number of likely N-dealkylation sites (tertiary alicyclic amines) is 2. The third kappa shape index (κ3) is 8.18. The molecule has 17 heteroatoms. The van der Waals surface area contributed by atoms with Gasteiger partial charge in [-0.2, -0.15) is 27.7 Å². The molecule has 3 aromatic rings. The predicted octanol–water partition coefficient (Wildman–Crippen LogP) is 3.05. The fourth-order valence-corrected chi connectivity index (χ4v) is 8.98. The Bertz CT molecular complexity index is 1730. The van der Waals surface area contributed by atoms with Crippen LogP contribution in [0.25, 0.3) is 11.3 Å². The van der Waals surface area contributed by atoms with Crippen molar-refractivity contribution in [2.24, 2.45) is 0 Å². The third-order valence-electron chi connectivity index (χ3n) is 9.62. The molecule has 1 unspecified atom stereocenters. The van der Waals surface area contributed by atoms with Crippen molar-refractivity contribution in [2.75, 3.05) is 57.8 Å². The lowest BCUT2D eigenvalue weighted by Gasteiger charge is -2.33. The van der Waals surface area contributed by atoms with Gasteiger partial charge in [-0.3, -0.25) is 9.25 Å². The molecule has 3 aliphatic rings. The van der Waals surface area contributed by atoms with Gasteiger partial charge in [-0.1, -0.05) is 12.5 Å². The number of thioether (sulfide) groups is 1. The zero-order valence-corrected chi connectivity index (χ0v) is 28.7. The van der Waals surface area contributed by atoms with E-state index in [0.29, 0.717) is 55.2 Å². The van der Waals surface area contributed by atoms with Crippen molar-refractivity contribution in [1.29, 1.82) is 0 Å². The quantitative estimate of drug-likeness (QED) is 0.288. The Kier molecular flexibility index (Phi) is 10.7. The highest BCUT2D eigenvalue weighted by atomic mass is 32.2. The molecule has 264 valence electrons. The number of H-pyrrole nitrogens is 1. The van der Waals surface area contributed by atoms with Gasteiger partial charge in [0.05, 0.1) is 30.2 Å². The smallest absolute Gasteiger partial charge is 0.390 e. The number of piperidine rings is 2. The first-order valence-corrected chi connectivity index (χ1v) is 19.3. The number of alkyl halides is 3. The van der Waals surface area contributed by atoms with Gasteiger partial charge in [-0.05, 0) is 50.9 Å². The molecule has 3 aliphatic heterocycles.